The molecule has 0 saturated carbocycles. The number of aryl methyl sites for hydroxylation is 1. The van der Waals surface area contributed by atoms with E-state index in [-0.39, 0.29) is 11.3 Å². The zero-order valence-electron chi connectivity index (χ0n) is 16.3. The largest absolute Gasteiger partial charge is 0.336 e. The summed E-state index contributed by atoms with van der Waals surface area (Å²) < 4.78 is 1.72. The number of hydrogen-bond acceptors (Lipinski definition) is 4. The van der Waals surface area contributed by atoms with E-state index in [1.807, 2.05) is 36.3 Å². The SMILES string of the molecule is Cn1nc(C(C)(C)C)cc1C(=O)N1CCCN(Cc2ccccn2)CC1. The minimum absolute atomic E-state index is 0.0610. The van der Waals surface area contributed by atoms with E-state index in [2.05, 4.69) is 41.8 Å². The van der Waals surface area contributed by atoms with Gasteiger partial charge in [-0.2, -0.15) is 5.10 Å². The van der Waals surface area contributed by atoms with E-state index in [1.54, 1.807) is 4.68 Å². The van der Waals surface area contributed by atoms with Gasteiger partial charge in [0.1, 0.15) is 5.69 Å². The maximum Gasteiger partial charge on any atom is 0.272 e. The molecule has 26 heavy (non-hydrogen) atoms. The average molecular weight is 355 g/mol. The van der Waals surface area contributed by atoms with Crippen LogP contribution in [0.5, 0.6) is 0 Å². The zero-order valence-corrected chi connectivity index (χ0v) is 16.3. The predicted molar refractivity (Wildman–Crippen MR) is 102 cm³/mol. The van der Waals surface area contributed by atoms with Gasteiger partial charge < -0.3 is 4.90 Å². The van der Waals surface area contributed by atoms with Crippen molar-refractivity contribution in [3.05, 3.63) is 47.5 Å². The van der Waals surface area contributed by atoms with Crippen molar-refractivity contribution in [2.45, 2.75) is 39.2 Å². The number of aromatic nitrogens is 3. The van der Waals surface area contributed by atoms with E-state index in [1.165, 1.54) is 0 Å². The lowest BCUT2D eigenvalue weighted by Gasteiger charge is -2.21. The van der Waals surface area contributed by atoms with E-state index >= 15 is 0 Å². The van der Waals surface area contributed by atoms with E-state index < -0.39 is 0 Å². The molecule has 0 unspecified atom stereocenters. The standard InChI is InChI=1S/C20H29N5O/c1-20(2,3)18-14-17(23(4)22-18)19(26)25-11-7-10-24(12-13-25)15-16-8-5-6-9-21-16/h5-6,8-9,14H,7,10-13,15H2,1-4H3. The molecule has 0 radical (unpaired) electrons. The molecule has 6 nitrogen and oxygen atoms in total. The maximum atomic E-state index is 13.0. The molecule has 1 fully saturated rings. The Hall–Kier alpha value is -2.21. The summed E-state index contributed by atoms with van der Waals surface area (Å²) >= 11 is 0. The Kier molecular flexibility index (Phi) is 5.41. The van der Waals surface area contributed by atoms with Crippen molar-refractivity contribution in [3.8, 4) is 0 Å². The molecular formula is C20H29N5O. The number of carbonyl (C=O) groups is 1. The molecule has 0 N–H and O–H groups in total. The fraction of sp³-hybridized carbons (Fsp3) is 0.550. The highest BCUT2D eigenvalue weighted by atomic mass is 16.2. The van der Waals surface area contributed by atoms with Gasteiger partial charge in [0.15, 0.2) is 0 Å². The molecule has 1 amide bonds. The van der Waals surface area contributed by atoms with Crippen LogP contribution in [0.15, 0.2) is 30.5 Å². The van der Waals surface area contributed by atoms with Gasteiger partial charge in [0, 0.05) is 51.4 Å². The lowest BCUT2D eigenvalue weighted by Crippen LogP contribution is -2.36. The van der Waals surface area contributed by atoms with Crippen LogP contribution in [-0.4, -0.2) is 56.7 Å². The van der Waals surface area contributed by atoms with Crippen LogP contribution in [0.4, 0.5) is 0 Å². The van der Waals surface area contributed by atoms with Crippen molar-refractivity contribution in [1.82, 2.24) is 24.6 Å². The third-order valence-electron chi connectivity index (χ3n) is 4.85. The normalized spacial score (nSPS) is 16.5. The summed E-state index contributed by atoms with van der Waals surface area (Å²) in [5.74, 6) is 0.0789. The van der Waals surface area contributed by atoms with Crippen LogP contribution in [0.2, 0.25) is 0 Å². The second-order valence-corrected chi connectivity index (χ2v) is 8.03. The van der Waals surface area contributed by atoms with Crippen LogP contribution in [0.3, 0.4) is 0 Å². The molecule has 140 valence electrons. The second kappa shape index (κ2) is 7.58. The number of amides is 1. The van der Waals surface area contributed by atoms with Gasteiger partial charge in [0.25, 0.3) is 5.91 Å². The van der Waals surface area contributed by atoms with Crippen LogP contribution in [0.1, 0.15) is 49.1 Å². The van der Waals surface area contributed by atoms with Crippen molar-refractivity contribution >= 4 is 5.91 Å². The number of carbonyl (C=O) groups excluding carboxylic acids is 1. The fourth-order valence-electron chi connectivity index (χ4n) is 3.25. The average Bonchev–Trinajstić information content (AvgIpc) is 2.85. The molecule has 0 aliphatic carbocycles. The summed E-state index contributed by atoms with van der Waals surface area (Å²) in [7, 11) is 1.85. The molecule has 3 rings (SSSR count). The molecule has 1 aliphatic heterocycles. The molecule has 2 aromatic heterocycles. The van der Waals surface area contributed by atoms with Crippen LogP contribution < -0.4 is 0 Å². The van der Waals surface area contributed by atoms with Gasteiger partial charge >= 0.3 is 0 Å². The van der Waals surface area contributed by atoms with Crippen LogP contribution in [0.25, 0.3) is 0 Å². The fourth-order valence-corrected chi connectivity index (χ4v) is 3.25. The molecular weight excluding hydrogens is 326 g/mol. The minimum atomic E-state index is -0.0610. The summed E-state index contributed by atoms with van der Waals surface area (Å²) in [5, 5.41) is 4.54. The second-order valence-electron chi connectivity index (χ2n) is 8.03. The smallest absolute Gasteiger partial charge is 0.272 e. The van der Waals surface area contributed by atoms with Gasteiger partial charge in [-0.3, -0.25) is 19.4 Å². The molecule has 0 spiro atoms. The van der Waals surface area contributed by atoms with Crippen LogP contribution >= 0.6 is 0 Å². The van der Waals surface area contributed by atoms with Gasteiger partial charge in [-0.15, -0.1) is 0 Å². The lowest BCUT2D eigenvalue weighted by molar-refractivity contribution is 0.0750. The van der Waals surface area contributed by atoms with E-state index in [9.17, 15) is 4.79 Å². The number of pyridine rings is 1. The quantitative estimate of drug-likeness (QED) is 0.849. The van der Waals surface area contributed by atoms with Gasteiger partial charge in [0.2, 0.25) is 0 Å². The summed E-state index contributed by atoms with van der Waals surface area (Å²) in [4.78, 5) is 21.8. The maximum absolute atomic E-state index is 13.0. The molecule has 0 bridgehead atoms. The molecule has 2 aromatic rings. The predicted octanol–water partition coefficient (Wildman–Crippen LogP) is 2.46. The van der Waals surface area contributed by atoms with Crippen molar-refractivity contribution < 1.29 is 4.79 Å². The van der Waals surface area contributed by atoms with Crippen molar-refractivity contribution in [2.75, 3.05) is 26.2 Å². The van der Waals surface area contributed by atoms with Gasteiger partial charge in [-0.05, 0) is 24.6 Å². The highest BCUT2D eigenvalue weighted by Gasteiger charge is 2.26. The monoisotopic (exact) mass is 355 g/mol. The van der Waals surface area contributed by atoms with Gasteiger partial charge in [-0.25, -0.2) is 0 Å². The Balaban J connectivity index is 1.65. The van der Waals surface area contributed by atoms with Crippen molar-refractivity contribution in [3.63, 3.8) is 0 Å². The Labute approximate surface area is 155 Å². The molecule has 6 heteroatoms. The molecule has 1 saturated heterocycles. The molecule has 1 aliphatic rings. The lowest BCUT2D eigenvalue weighted by atomic mass is 9.92. The highest BCUT2D eigenvalue weighted by molar-refractivity contribution is 5.92. The first-order valence-electron chi connectivity index (χ1n) is 9.30. The van der Waals surface area contributed by atoms with Crippen LogP contribution in [0, 0.1) is 0 Å². The molecule has 0 aromatic carbocycles. The molecule has 3 heterocycles. The van der Waals surface area contributed by atoms with Gasteiger partial charge in [-0.1, -0.05) is 26.8 Å². The van der Waals surface area contributed by atoms with Crippen LogP contribution in [-0.2, 0) is 19.0 Å². The third kappa shape index (κ3) is 4.30. The van der Waals surface area contributed by atoms with Crippen molar-refractivity contribution in [2.24, 2.45) is 7.05 Å². The van der Waals surface area contributed by atoms with Crippen molar-refractivity contribution in [1.29, 1.82) is 0 Å². The van der Waals surface area contributed by atoms with E-state index in [0.717, 1.165) is 50.5 Å². The van der Waals surface area contributed by atoms with Gasteiger partial charge in [0.05, 0.1) is 11.4 Å². The summed E-state index contributed by atoms with van der Waals surface area (Å²) in [6.45, 7) is 10.6. The summed E-state index contributed by atoms with van der Waals surface area (Å²) in [5.41, 5.74) is 2.64. The Bertz CT molecular complexity index is 747. The number of rotatable bonds is 3. The minimum Gasteiger partial charge on any atom is -0.336 e. The number of hydrogen-bond donors (Lipinski definition) is 0. The first kappa shape index (κ1) is 18.6. The van der Waals surface area contributed by atoms with E-state index in [4.69, 9.17) is 0 Å². The van der Waals surface area contributed by atoms with E-state index in [0.29, 0.717) is 5.69 Å². The summed E-state index contributed by atoms with van der Waals surface area (Å²) in [6, 6.07) is 7.95. The number of nitrogens with zero attached hydrogens (tertiary/aromatic N) is 5. The highest BCUT2D eigenvalue weighted by Crippen LogP contribution is 2.22. The first-order valence-corrected chi connectivity index (χ1v) is 9.30. The molecule has 0 atom stereocenters. The Morgan fingerprint density at radius 3 is 2.62 bits per heavy atom. The topological polar surface area (TPSA) is 54.3 Å². The zero-order chi connectivity index (χ0) is 18.7. The third-order valence-corrected chi connectivity index (χ3v) is 4.85. The Morgan fingerprint density at radius 2 is 1.96 bits per heavy atom. The Morgan fingerprint density at radius 1 is 1.15 bits per heavy atom. The summed E-state index contributed by atoms with van der Waals surface area (Å²) in [6.07, 6.45) is 2.81. The first-order chi connectivity index (χ1) is 12.3.